The second-order valence-electron chi connectivity index (χ2n) is 3.06. The highest BCUT2D eigenvalue weighted by molar-refractivity contribution is 9.08. The number of carbonyl (C=O) groups excluding carboxylic acids is 1. The Morgan fingerprint density at radius 2 is 2.31 bits per heavy atom. The van der Waals surface area contributed by atoms with Crippen LogP contribution in [0.15, 0.2) is 12.3 Å². The number of hydrogen-bond donors (Lipinski definition) is 0. The number of esters is 1. The molecule has 1 aromatic rings. The molecule has 0 radical (unpaired) electrons. The molecular formula is C10H10BrF2NO2. The van der Waals surface area contributed by atoms with Crippen molar-refractivity contribution in [2.75, 3.05) is 7.11 Å². The van der Waals surface area contributed by atoms with Gasteiger partial charge >= 0.3 is 5.97 Å². The molecule has 3 nitrogen and oxygen atoms in total. The van der Waals surface area contributed by atoms with Crippen molar-refractivity contribution in [2.45, 2.75) is 18.2 Å². The predicted molar refractivity (Wildman–Crippen MR) is 57.5 cm³/mol. The Labute approximate surface area is 99.9 Å². The van der Waals surface area contributed by atoms with Crippen molar-refractivity contribution in [3.63, 3.8) is 0 Å². The molecule has 1 heterocycles. The molecule has 1 rings (SSSR count). The molecule has 0 N–H and O–H groups in total. The number of halogens is 3. The van der Waals surface area contributed by atoms with Crippen LogP contribution in [0.2, 0.25) is 0 Å². The van der Waals surface area contributed by atoms with Crippen molar-refractivity contribution >= 4 is 21.9 Å². The summed E-state index contributed by atoms with van der Waals surface area (Å²) >= 11 is 3.10. The van der Waals surface area contributed by atoms with Crippen LogP contribution in [0.5, 0.6) is 0 Å². The quantitative estimate of drug-likeness (QED) is 0.633. The van der Waals surface area contributed by atoms with Crippen molar-refractivity contribution in [3.05, 3.63) is 29.1 Å². The van der Waals surface area contributed by atoms with Crippen molar-refractivity contribution in [2.24, 2.45) is 0 Å². The Morgan fingerprint density at radius 3 is 2.81 bits per heavy atom. The molecule has 0 aliphatic rings. The van der Waals surface area contributed by atoms with Gasteiger partial charge < -0.3 is 4.74 Å². The average Bonchev–Trinajstić information content (AvgIpc) is 2.28. The first-order valence-electron chi connectivity index (χ1n) is 4.47. The Morgan fingerprint density at radius 1 is 1.62 bits per heavy atom. The van der Waals surface area contributed by atoms with Gasteiger partial charge in [-0.3, -0.25) is 9.78 Å². The monoisotopic (exact) mass is 293 g/mol. The Hall–Kier alpha value is -1.04. The predicted octanol–water partition coefficient (Wildman–Crippen LogP) is 2.63. The van der Waals surface area contributed by atoms with Crippen LogP contribution in [0.4, 0.5) is 8.78 Å². The van der Waals surface area contributed by atoms with Gasteiger partial charge in [-0.25, -0.2) is 8.78 Å². The molecule has 0 bridgehead atoms. The Balaban J connectivity index is 2.97. The summed E-state index contributed by atoms with van der Waals surface area (Å²) in [6.45, 7) is 0. The van der Waals surface area contributed by atoms with Crippen LogP contribution in [0.3, 0.4) is 0 Å². The molecule has 0 aliphatic heterocycles. The molecule has 1 aromatic heterocycles. The van der Waals surface area contributed by atoms with Crippen molar-refractivity contribution in [1.29, 1.82) is 0 Å². The smallest absolute Gasteiger partial charge is 0.311 e. The summed E-state index contributed by atoms with van der Waals surface area (Å²) in [6, 6.07) is 1.23. The fraction of sp³-hybridized carbons (Fsp3) is 0.400. The highest BCUT2D eigenvalue weighted by Gasteiger charge is 2.15. The molecule has 0 amide bonds. The largest absolute Gasteiger partial charge is 0.469 e. The topological polar surface area (TPSA) is 39.2 Å². The summed E-state index contributed by atoms with van der Waals surface area (Å²) in [7, 11) is 1.24. The molecule has 6 heteroatoms. The van der Waals surface area contributed by atoms with Crippen LogP contribution in [0, 0.1) is 0 Å². The summed E-state index contributed by atoms with van der Waals surface area (Å²) in [5.41, 5.74) is 0.598. The molecule has 0 spiro atoms. The van der Waals surface area contributed by atoms with Gasteiger partial charge in [-0.1, -0.05) is 15.9 Å². The summed E-state index contributed by atoms with van der Waals surface area (Å²) in [5, 5.41) is 0.304. The molecular weight excluding hydrogens is 284 g/mol. The van der Waals surface area contributed by atoms with E-state index in [1.165, 1.54) is 19.4 Å². The first-order chi connectivity index (χ1) is 7.58. The van der Waals surface area contributed by atoms with E-state index in [1.807, 2.05) is 0 Å². The number of nitrogens with zero attached hydrogens (tertiary/aromatic N) is 1. The summed E-state index contributed by atoms with van der Waals surface area (Å²) < 4.78 is 29.7. The molecule has 0 unspecified atom stereocenters. The molecule has 0 atom stereocenters. The maximum absolute atomic E-state index is 12.6. The third kappa shape index (κ3) is 3.23. The van der Waals surface area contributed by atoms with Crippen LogP contribution in [0.1, 0.15) is 23.2 Å². The van der Waals surface area contributed by atoms with E-state index in [2.05, 4.69) is 25.7 Å². The second kappa shape index (κ2) is 5.89. The number of pyridine rings is 1. The number of hydrogen-bond acceptors (Lipinski definition) is 3. The molecule has 0 saturated carbocycles. The van der Waals surface area contributed by atoms with E-state index in [-0.39, 0.29) is 17.7 Å². The van der Waals surface area contributed by atoms with E-state index in [1.54, 1.807) is 0 Å². The molecule has 0 saturated heterocycles. The number of rotatable bonds is 4. The third-order valence-corrected chi connectivity index (χ3v) is 2.62. The number of alkyl halides is 3. The summed E-state index contributed by atoms with van der Waals surface area (Å²) in [6.07, 6.45) is -1.33. The summed E-state index contributed by atoms with van der Waals surface area (Å²) in [5.74, 6) is -0.501. The second-order valence-corrected chi connectivity index (χ2v) is 3.62. The minimum atomic E-state index is -2.58. The molecule has 0 aliphatic carbocycles. The van der Waals surface area contributed by atoms with Crippen molar-refractivity contribution in [1.82, 2.24) is 4.98 Å². The van der Waals surface area contributed by atoms with Gasteiger partial charge in [0.1, 0.15) is 0 Å². The lowest BCUT2D eigenvalue weighted by Gasteiger charge is -2.07. The maximum atomic E-state index is 12.6. The molecule has 0 fully saturated rings. The zero-order valence-electron chi connectivity index (χ0n) is 8.54. The fourth-order valence-electron chi connectivity index (χ4n) is 1.18. The fourth-order valence-corrected chi connectivity index (χ4v) is 1.64. The first kappa shape index (κ1) is 13.0. The third-order valence-electron chi connectivity index (χ3n) is 2.01. The van der Waals surface area contributed by atoms with E-state index in [0.717, 1.165) is 0 Å². The highest BCUT2D eigenvalue weighted by Crippen LogP contribution is 2.24. The van der Waals surface area contributed by atoms with Crippen LogP contribution in [0.25, 0.3) is 0 Å². The minimum absolute atomic E-state index is 0.0984. The van der Waals surface area contributed by atoms with Gasteiger partial charge in [0.05, 0.1) is 19.2 Å². The standard InChI is InChI=1S/C10H10BrF2NO2/c1-16-9(15)3-7-2-8(10(12)13)6(4-11)5-14-7/h2,5,10H,3-4H2,1H3. The van der Waals surface area contributed by atoms with Gasteiger partial charge in [-0.2, -0.15) is 0 Å². The molecule has 0 aromatic carbocycles. The number of methoxy groups -OCH3 is 1. The number of ether oxygens (including phenoxy) is 1. The Bertz CT molecular complexity index is 385. The van der Waals surface area contributed by atoms with E-state index in [4.69, 9.17) is 0 Å². The number of aromatic nitrogens is 1. The van der Waals surface area contributed by atoms with E-state index < -0.39 is 12.4 Å². The lowest BCUT2D eigenvalue weighted by molar-refractivity contribution is -0.139. The van der Waals surface area contributed by atoms with Gasteiger partial charge in [0.2, 0.25) is 0 Å². The van der Waals surface area contributed by atoms with Gasteiger partial charge in [0.15, 0.2) is 0 Å². The van der Waals surface area contributed by atoms with E-state index >= 15 is 0 Å². The number of carbonyl (C=O) groups is 1. The lowest BCUT2D eigenvalue weighted by atomic mass is 10.1. The van der Waals surface area contributed by atoms with E-state index in [0.29, 0.717) is 10.9 Å². The normalized spacial score (nSPS) is 10.6. The highest BCUT2D eigenvalue weighted by atomic mass is 79.9. The lowest BCUT2D eigenvalue weighted by Crippen LogP contribution is -2.07. The van der Waals surface area contributed by atoms with Crippen LogP contribution in [-0.2, 0) is 21.3 Å². The zero-order valence-corrected chi connectivity index (χ0v) is 10.1. The zero-order chi connectivity index (χ0) is 12.1. The maximum Gasteiger partial charge on any atom is 0.311 e. The first-order valence-corrected chi connectivity index (χ1v) is 5.59. The van der Waals surface area contributed by atoms with Crippen LogP contribution in [-0.4, -0.2) is 18.1 Å². The van der Waals surface area contributed by atoms with E-state index in [9.17, 15) is 13.6 Å². The average molecular weight is 294 g/mol. The van der Waals surface area contributed by atoms with Crippen molar-refractivity contribution < 1.29 is 18.3 Å². The van der Waals surface area contributed by atoms with Crippen LogP contribution < -0.4 is 0 Å². The van der Waals surface area contributed by atoms with Gasteiger partial charge in [0.25, 0.3) is 6.43 Å². The summed E-state index contributed by atoms with van der Waals surface area (Å²) in [4.78, 5) is 14.9. The van der Waals surface area contributed by atoms with Gasteiger partial charge in [-0.05, 0) is 11.6 Å². The SMILES string of the molecule is COC(=O)Cc1cc(C(F)F)c(CBr)cn1. The molecule has 88 valence electrons. The molecule has 16 heavy (non-hydrogen) atoms. The minimum Gasteiger partial charge on any atom is -0.469 e. The van der Waals surface area contributed by atoms with Gasteiger partial charge in [-0.15, -0.1) is 0 Å². The van der Waals surface area contributed by atoms with Crippen LogP contribution >= 0.6 is 15.9 Å². The van der Waals surface area contributed by atoms with Crippen molar-refractivity contribution in [3.8, 4) is 0 Å². The Kier molecular flexibility index (Phi) is 4.79. The van der Waals surface area contributed by atoms with Gasteiger partial charge in [0, 0.05) is 17.1 Å².